The first-order chi connectivity index (χ1) is 11.6. The van der Waals surface area contributed by atoms with Crippen LogP contribution in [0.25, 0.3) is 0 Å². The number of nitrogens with one attached hydrogen (secondary N) is 1. The number of aliphatic hydroxyl groups excluding tert-OH is 1. The van der Waals surface area contributed by atoms with Crippen LogP contribution in [0.2, 0.25) is 0 Å². The number of benzene rings is 1. The first kappa shape index (κ1) is 16.9. The third-order valence-corrected chi connectivity index (χ3v) is 5.15. The van der Waals surface area contributed by atoms with Gasteiger partial charge in [0.25, 0.3) is 0 Å². The average Bonchev–Trinajstić information content (AvgIpc) is 3.00. The van der Waals surface area contributed by atoms with E-state index in [0.717, 1.165) is 23.4 Å². The van der Waals surface area contributed by atoms with Crippen molar-refractivity contribution in [2.24, 2.45) is 5.92 Å². The Bertz CT molecular complexity index is 668. The zero-order chi connectivity index (χ0) is 16.9. The molecule has 2 amide bonds. The van der Waals surface area contributed by atoms with E-state index in [1.54, 1.807) is 4.90 Å². The van der Waals surface area contributed by atoms with Gasteiger partial charge in [-0.3, -0.25) is 5.32 Å². The lowest BCUT2D eigenvalue weighted by molar-refractivity contribution is 0.0689. The van der Waals surface area contributed by atoms with Crippen LogP contribution in [0.5, 0.6) is 0 Å². The third-order valence-electron chi connectivity index (χ3n) is 4.40. The zero-order valence-corrected chi connectivity index (χ0v) is 14.5. The molecule has 7 heteroatoms. The highest BCUT2D eigenvalue weighted by Gasteiger charge is 2.27. The minimum absolute atomic E-state index is 0.137. The molecule has 1 fully saturated rings. The van der Waals surface area contributed by atoms with Crippen LogP contribution < -0.4 is 5.32 Å². The summed E-state index contributed by atoms with van der Waals surface area (Å²) >= 11 is 1.37. The molecule has 1 aliphatic rings. The van der Waals surface area contributed by atoms with Crippen LogP contribution in [-0.4, -0.2) is 45.4 Å². The van der Waals surface area contributed by atoms with E-state index in [9.17, 15) is 9.90 Å². The van der Waals surface area contributed by atoms with Crippen molar-refractivity contribution < 1.29 is 9.90 Å². The Morgan fingerprint density at radius 3 is 2.67 bits per heavy atom. The quantitative estimate of drug-likeness (QED) is 0.892. The van der Waals surface area contributed by atoms with Crippen molar-refractivity contribution in [2.75, 3.05) is 18.4 Å². The summed E-state index contributed by atoms with van der Waals surface area (Å²) in [5.41, 5.74) is 1.15. The summed E-state index contributed by atoms with van der Waals surface area (Å²) in [6.45, 7) is 3.16. The topological polar surface area (TPSA) is 78.4 Å². The van der Waals surface area contributed by atoms with Gasteiger partial charge in [0.2, 0.25) is 5.13 Å². The average molecular weight is 346 g/mol. The fraction of sp³-hybridized carbons (Fsp3) is 0.471. The van der Waals surface area contributed by atoms with Gasteiger partial charge in [0, 0.05) is 13.1 Å². The van der Waals surface area contributed by atoms with E-state index in [1.807, 2.05) is 37.3 Å². The molecule has 0 saturated carbocycles. The first-order valence-electron chi connectivity index (χ1n) is 8.20. The molecule has 0 aliphatic carbocycles. The maximum atomic E-state index is 12.2. The Balaban J connectivity index is 1.47. The summed E-state index contributed by atoms with van der Waals surface area (Å²) in [4.78, 5) is 14.0. The van der Waals surface area contributed by atoms with Crippen molar-refractivity contribution in [1.82, 2.24) is 15.1 Å². The SMILES string of the molecule is Cc1nnc(NC(=O)N2CCC(C(O)Cc3ccccc3)CC2)s1. The molecule has 1 aromatic carbocycles. The Morgan fingerprint density at radius 1 is 1.33 bits per heavy atom. The lowest BCUT2D eigenvalue weighted by atomic mass is 9.88. The summed E-state index contributed by atoms with van der Waals surface area (Å²) in [6, 6.07) is 9.90. The predicted molar refractivity (Wildman–Crippen MR) is 94.1 cm³/mol. The minimum atomic E-state index is -0.358. The molecule has 0 radical (unpaired) electrons. The number of aromatic nitrogens is 2. The van der Waals surface area contributed by atoms with E-state index in [4.69, 9.17) is 0 Å². The molecule has 128 valence electrons. The van der Waals surface area contributed by atoms with E-state index < -0.39 is 0 Å². The number of aliphatic hydroxyl groups is 1. The van der Waals surface area contributed by atoms with Gasteiger partial charge in [0.15, 0.2) is 0 Å². The third kappa shape index (κ3) is 4.30. The Kier molecular flexibility index (Phi) is 5.42. The van der Waals surface area contributed by atoms with Gasteiger partial charge in [0.1, 0.15) is 5.01 Å². The number of carbonyl (C=O) groups is 1. The Hall–Kier alpha value is -1.99. The summed E-state index contributed by atoms with van der Waals surface area (Å²) in [5.74, 6) is 0.234. The molecular weight excluding hydrogens is 324 g/mol. The van der Waals surface area contributed by atoms with E-state index >= 15 is 0 Å². The van der Waals surface area contributed by atoms with Crippen LogP contribution in [0.3, 0.4) is 0 Å². The van der Waals surface area contributed by atoms with Crippen molar-refractivity contribution >= 4 is 22.5 Å². The highest BCUT2D eigenvalue weighted by atomic mass is 32.1. The van der Waals surface area contributed by atoms with Crippen molar-refractivity contribution in [2.45, 2.75) is 32.3 Å². The number of hydrogen-bond donors (Lipinski definition) is 2. The Labute approximate surface area is 145 Å². The van der Waals surface area contributed by atoms with Crippen molar-refractivity contribution in [3.63, 3.8) is 0 Å². The van der Waals surface area contributed by atoms with Crippen LogP contribution in [0.4, 0.5) is 9.93 Å². The summed E-state index contributed by atoms with van der Waals surface area (Å²) < 4.78 is 0. The van der Waals surface area contributed by atoms with Crippen molar-refractivity contribution in [3.05, 3.63) is 40.9 Å². The van der Waals surface area contributed by atoms with Gasteiger partial charge in [-0.25, -0.2) is 4.79 Å². The lowest BCUT2D eigenvalue weighted by Gasteiger charge is -2.34. The number of carbonyl (C=O) groups excluding carboxylic acids is 1. The molecule has 2 aromatic rings. The second-order valence-corrected chi connectivity index (χ2v) is 7.32. The second-order valence-electron chi connectivity index (χ2n) is 6.14. The van der Waals surface area contributed by atoms with Crippen LogP contribution in [0.1, 0.15) is 23.4 Å². The minimum Gasteiger partial charge on any atom is -0.392 e. The number of amides is 2. The van der Waals surface area contributed by atoms with Crippen LogP contribution in [-0.2, 0) is 6.42 Å². The number of urea groups is 1. The summed E-state index contributed by atoms with van der Waals surface area (Å²) in [5, 5.41) is 22.4. The molecule has 0 spiro atoms. The van der Waals surface area contributed by atoms with Gasteiger partial charge in [-0.1, -0.05) is 41.7 Å². The number of piperidine rings is 1. The van der Waals surface area contributed by atoms with E-state index in [-0.39, 0.29) is 18.1 Å². The van der Waals surface area contributed by atoms with Crippen LogP contribution in [0.15, 0.2) is 30.3 Å². The fourth-order valence-corrected chi connectivity index (χ4v) is 3.61. The van der Waals surface area contributed by atoms with Gasteiger partial charge >= 0.3 is 6.03 Å². The molecular formula is C17H22N4O2S. The maximum Gasteiger partial charge on any atom is 0.323 e. The van der Waals surface area contributed by atoms with Gasteiger partial charge in [-0.15, -0.1) is 10.2 Å². The molecule has 1 unspecified atom stereocenters. The molecule has 3 rings (SSSR count). The summed E-state index contributed by atoms with van der Waals surface area (Å²) in [7, 11) is 0. The molecule has 2 N–H and O–H groups in total. The fourth-order valence-electron chi connectivity index (χ4n) is 3.03. The largest absolute Gasteiger partial charge is 0.392 e. The maximum absolute atomic E-state index is 12.2. The number of anilines is 1. The smallest absolute Gasteiger partial charge is 0.323 e. The second kappa shape index (κ2) is 7.72. The molecule has 0 bridgehead atoms. The van der Waals surface area contributed by atoms with E-state index in [0.29, 0.717) is 24.6 Å². The van der Waals surface area contributed by atoms with E-state index in [2.05, 4.69) is 15.5 Å². The standard InChI is InChI=1S/C17H22N4O2S/c1-12-19-20-16(24-12)18-17(23)21-9-7-14(8-10-21)15(22)11-13-5-3-2-4-6-13/h2-6,14-15,22H,7-11H2,1H3,(H,18,20,23). The molecule has 2 heterocycles. The molecule has 1 aromatic heterocycles. The number of aryl methyl sites for hydroxylation is 1. The van der Waals surface area contributed by atoms with Gasteiger partial charge in [-0.2, -0.15) is 0 Å². The molecule has 1 saturated heterocycles. The number of rotatable bonds is 4. The van der Waals surface area contributed by atoms with Crippen molar-refractivity contribution in [1.29, 1.82) is 0 Å². The monoisotopic (exact) mass is 346 g/mol. The zero-order valence-electron chi connectivity index (χ0n) is 13.7. The molecule has 24 heavy (non-hydrogen) atoms. The molecule has 1 atom stereocenters. The van der Waals surface area contributed by atoms with E-state index in [1.165, 1.54) is 11.3 Å². The highest BCUT2D eigenvalue weighted by molar-refractivity contribution is 7.15. The van der Waals surface area contributed by atoms with Crippen LogP contribution >= 0.6 is 11.3 Å². The number of likely N-dealkylation sites (tertiary alicyclic amines) is 1. The number of nitrogens with zero attached hydrogens (tertiary/aromatic N) is 3. The predicted octanol–water partition coefficient (Wildman–Crippen LogP) is 2.69. The van der Waals surface area contributed by atoms with Gasteiger partial charge in [0.05, 0.1) is 6.10 Å². The lowest BCUT2D eigenvalue weighted by Crippen LogP contribution is -2.43. The van der Waals surface area contributed by atoms with Crippen molar-refractivity contribution in [3.8, 4) is 0 Å². The van der Waals surface area contributed by atoms with Crippen LogP contribution in [0, 0.1) is 12.8 Å². The van der Waals surface area contributed by atoms with Gasteiger partial charge < -0.3 is 10.0 Å². The summed E-state index contributed by atoms with van der Waals surface area (Å²) in [6.07, 6.45) is 1.94. The highest BCUT2D eigenvalue weighted by Crippen LogP contribution is 2.24. The molecule has 1 aliphatic heterocycles. The number of hydrogen-bond acceptors (Lipinski definition) is 5. The molecule has 6 nitrogen and oxygen atoms in total. The normalized spacial score (nSPS) is 16.8. The first-order valence-corrected chi connectivity index (χ1v) is 9.01. The van der Waals surface area contributed by atoms with Gasteiger partial charge in [-0.05, 0) is 37.7 Å². The Morgan fingerprint density at radius 2 is 2.04 bits per heavy atom.